The molecule has 1 aromatic rings. The molecule has 0 fully saturated rings. The van der Waals surface area contributed by atoms with Gasteiger partial charge in [-0.2, -0.15) is 0 Å². The molecule has 20 heavy (non-hydrogen) atoms. The SMILES string of the molecule is CCCN(Cc1ccccc1)C(=O)CNCCOC.Cl. The summed E-state index contributed by atoms with van der Waals surface area (Å²) in [5.41, 5.74) is 1.17. The molecule has 0 aromatic heterocycles. The van der Waals surface area contributed by atoms with Gasteiger partial charge in [0.05, 0.1) is 13.2 Å². The minimum atomic E-state index is 0. The van der Waals surface area contributed by atoms with Gasteiger partial charge in [-0.25, -0.2) is 0 Å². The van der Waals surface area contributed by atoms with Gasteiger partial charge in [0, 0.05) is 26.7 Å². The molecule has 4 nitrogen and oxygen atoms in total. The smallest absolute Gasteiger partial charge is 0.236 e. The largest absolute Gasteiger partial charge is 0.383 e. The quantitative estimate of drug-likeness (QED) is 0.710. The molecule has 0 saturated heterocycles. The van der Waals surface area contributed by atoms with E-state index in [-0.39, 0.29) is 18.3 Å². The molecule has 0 aliphatic carbocycles. The summed E-state index contributed by atoms with van der Waals surface area (Å²) < 4.78 is 4.94. The summed E-state index contributed by atoms with van der Waals surface area (Å²) in [6.45, 7) is 5.26. The van der Waals surface area contributed by atoms with Crippen molar-refractivity contribution in [1.29, 1.82) is 0 Å². The molecule has 0 aliphatic rings. The van der Waals surface area contributed by atoms with E-state index in [0.29, 0.717) is 26.2 Å². The number of methoxy groups -OCH3 is 1. The molecular weight excluding hydrogens is 276 g/mol. The van der Waals surface area contributed by atoms with Gasteiger partial charge in [-0.3, -0.25) is 4.79 Å². The number of nitrogens with zero attached hydrogens (tertiary/aromatic N) is 1. The Morgan fingerprint density at radius 3 is 2.60 bits per heavy atom. The molecule has 1 rings (SSSR count). The van der Waals surface area contributed by atoms with Crippen LogP contribution in [0.5, 0.6) is 0 Å². The molecule has 0 radical (unpaired) electrons. The van der Waals surface area contributed by atoms with Gasteiger partial charge in [-0.1, -0.05) is 37.3 Å². The average Bonchev–Trinajstić information content (AvgIpc) is 2.44. The highest BCUT2D eigenvalue weighted by Crippen LogP contribution is 2.05. The van der Waals surface area contributed by atoms with Gasteiger partial charge in [-0.15, -0.1) is 12.4 Å². The Labute approximate surface area is 127 Å². The Morgan fingerprint density at radius 2 is 2.00 bits per heavy atom. The van der Waals surface area contributed by atoms with Gasteiger partial charge < -0.3 is 15.0 Å². The first-order valence-corrected chi connectivity index (χ1v) is 6.79. The van der Waals surface area contributed by atoms with Crippen molar-refractivity contribution in [3.05, 3.63) is 35.9 Å². The van der Waals surface area contributed by atoms with Crippen LogP contribution >= 0.6 is 12.4 Å². The molecule has 0 bridgehead atoms. The number of hydrogen-bond donors (Lipinski definition) is 1. The van der Waals surface area contributed by atoms with Crippen molar-refractivity contribution in [2.45, 2.75) is 19.9 Å². The average molecular weight is 301 g/mol. The van der Waals surface area contributed by atoms with Crippen LogP contribution in [-0.4, -0.2) is 44.2 Å². The molecule has 1 N–H and O–H groups in total. The van der Waals surface area contributed by atoms with Crippen molar-refractivity contribution < 1.29 is 9.53 Å². The van der Waals surface area contributed by atoms with Crippen LogP contribution in [-0.2, 0) is 16.1 Å². The normalized spacial score (nSPS) is 9.90. The van der Waals surface area contributed by atoms with Crippen LogP contribution in [0.25, 0.3) is 0 Å². The Morgan fingerprint density at radius 1 is 1.30 bits per heavy atom. The number of benzene rings is 1. The summed E-state index contributed by atoms with van der Waals surface area (Å²) in [5.74, 6) is 0.141. The summed E-state index contributed by atoms with van der Waals surface area (Å²) in [6, 6.07) is 10.1. The lowest BCUT2D eigenvalue weighted by atomic mass is 10.2. The van der Waals surface area contributed by atoms with E-state index in [1.54, 1.807) is 7.11 Å². The van der Waals surface area contributed by atoms with Crippen molar-refractivity contribution >= 4 is 18.3 Å². The molecule has 0 spiro atoms. The van der Waals surface area contributed by atoms with Crippen LogP contribution < -0.4 is 5.32 Å². The number of nitrogens with one attached hydrogen (secondary N) is 1. The molecular formula is C15H25ClN2O2. The summed E-state index contributed by atoms with van der Waals surface area (Å²) in [5, 5.41) is 3.09. The van der Waals surface area contributed by atoms with E-state index in [2.05, 4.69) is 12.2 Å². The zero-order valence-electron chi connectivity index (χ0n) is 12.3. The van der Waals surface area contributed by atoms with Crippen LogP contribution in [0.3, 0.4) is 0 Å². The van der Waals surface area contributed by atoms with Gasteiger partial charge in [-0.05, 0) is 12.0 Å². The van der Waals surface area contributed by atoms with Crippen molar-refractivity contribution in [2.75, 3.05) is 33.4 Å². The highest BCUT2D eigenvalue weighted by atomic mass is 35.5. The Bertz CT molecular complexity index is 360. The third-order valence-corrected chi connectivity index (χ3v) is 2.82. The third-order valence-electron chi connectivity index (χ3n) is 2.82. The summed E-state index contributed by atoms with van der Waals surface area (Å²) >= 11 is 0. The molecule has 0 aliphatic heterocycles. The minimum Gasteiger partial charge on any atom is -0.383 e. The van der Waals surface area contributed by atoms with Crippen molar-refractivity contribution in [1.82, 2.24) is 10.2 Å². The number of halogens is 1. The lowest BCUT2D eigenvalue weighted by Gasteiger charge is -2.22. The molecule has 0 atom stereocenters. The molecule has 114 valence electrons. The Kier molecular flexibility index (Phi) is 11.1. The van der Waals surface area contributed by atoms with E-state index < -0.39 is 0 Å². The molecule has 1 aromatic carbocycles. The van der Waals surface area contributed by atoms with Crippen LogP contribution in [0, 0.1) is 0 Å². The zero-order valence-corrected chi connectivity index (χ0v) is 13.1. The Balaban J connectivity index is 0.00000361. The molecule has 0 heterocycles. The lowest BCUT2D eigenvalue weighted by molar-refractivity contribution is -0.130. The van der Waals surface area contributed by atoms with Crippen molar-refractivity contribution in [3.63, 3.8) is 0 Å². The van der Waals surface area contributed by atoms with Gasteiger partial charge in [0.15, 0.2) is 0 Å². The van der Waals surface area contributed by atoms with Gasteiger partial charge >= 0.3 is 0 Å². The van der Waals surface area contributed by atoms with E-state index in [9.17, 15) is 4.79 Å². The standard InChI is InChI=1S/C15H24N2O2.ClH/c1-3-10-17(13-14-7-5-4-6-8-14)15(18)12-16-9-11-19-2;/h4-8,16H,3,9-13H2,1-2H3;1H. The van der Waals surface area contributed by atoms with E-state index in [4.69, 9.17) is 4.74 Å². The maximum atomic E-state index is 12.1. The second-order valence-corrected chi connectivity index (χ2v) is 4.47. The zero-order chi connectivity index (χ0) is 13.9. The minimum absolute atomic E-state index is 0. The molecule has 5 heteroatoms. The Hall–Kier alpha value is -1.10. The van der Waals surface area contributed by atoms with E-state index in [0.717, 1.165) is 13.0 Å². The van der Waals surface area contributed by atoms with Gasteiger partial charge in [0.25, 0.3) is 0 Å². The second kappa shape index (κ2) is 11.7. The fraction of sp³-hybridized carbons (Fsp3) is 0.533. The van der Waals surface area contributed by atoms with Crippen molar-refractivity contribution in [2.24, 2.45) is 0 Å². The maximum absolute atomic E-state index is 12.1. The lowest BCUT2D eigenvalue weighted by Crippen LogP contribution is -2.39. The van der Waals surface area contributed by atoms with Gasteiger partial charge in [0.1, 0.15) is 0 Å². The van der Waals surface area contributed by atoms with Crippen LogP contribution in [0.15, 0.2) is 30.3 Å². The molecule has 0 unspecified atom stereocenters. The summed E-state index contributed by atoms with van der Waals surface area (Å²) in [4.78, 5) is 14.0. The fourth-order valence-corrected chi connectivity index (χ4v) is 1.85. The number of rotatable bonds is 9. The predicted octanol–water partition coefficient (Wildman–Crippen LogP) is 2.08. The molecule has 0 saturated carbocycles. The summed E-state index contributed by atoms with van der Waals surface area (Å²) in [6.07, 6.45) is 0.969. The summed E-state index contributed by atoms with van der Waals surface area (Å²) in [7, 11) is 1.66. The monoisotopic (exact) mass is 300 g/mol. The third kappa shape index (κ3) is 7.48. The second-order valence-electron chi connectivity index (χ2n) is 4.47. The van der Waals surface area contributed by atoms with Crippen LogP contribution in [0.4, 0.5) is 0 Å². The first-order valence-electron chi connectivity index (χ1n) is 6.79. The van der Waals surface area contributed by atoms with Crippen LogP contribution in [0.2, 0.25) is 0 Å². The topological polar surface area (TPSA) is 41.6 Å². The van der Waals surface area contributed by atoms with E-state index in [1.165, 1.54) is 5.56 Å². The first kappa shape index (κ1) is 18.9. The highest BCUT2D eigenvalue weighted by molar-refractivity contribution is 5.85. The van der Waals surface area contributed by atoms with E-state index in [1.807, 2.05) is 35.2 Å². The number of hydrogen-bond acceptors (Lipinski definition) is 3. The van der Waals surface area contributed by atoms with Crippen molar-refractivity contribution in [3.8, 4) is 0 Å². The molecule has 1 amide bonds. The van der Waals surface area contributed by atoms with Gasteiger partial charge in [0.2, 0.25) is 5.91 Å². The fourth-order valence-electron chi connectivity index (χ4n) is 1.85. The highest BCUT2D eigenvalue weighted by Gasteiger charge is 2.12. The number of carbonyl (C=O) groups excluding carboxylic acids is 1. The maximum Gasteiger partial charge on any atom is 0.236 e. The first-order chi connectivity index (χ1) is 9.27. The van der Waals surface area contributed by atoms with Crippen LogP contribution in [0.1, 0.15) is 18.9 Å². The number of amides is 1. The number of carbonyl (C=O) groups is 1. The van der Waals surface area contributed by atoms with E-state index >= 15 is 0 Å². The number of ether oxygens (including phenoxy) is 1. The predicted molar refractivity (Wildman–Crippen MR) is 84.1 cm³/mol.